The van der Waals surface area contributed by atoms with Crippen LogP contribution in [0.1, 0.15) is 74.8 Å². The number of rotatable bonds is 12. The predicted octanol–water partition coefficient (Wildman–Crippen LogP) is 6.30. The second-order valence-corrected chi connectivity index (χ2v) is 7.03. The molecule has 0 fully saturated rings. The summed E-state index contributed by atoms with van der Waals surface area (Å²) in [5.41, 5.74) is 2.26. The normalized spacial score (nSPS) is 10.9. The molecule has 0 aliphatic heterocycles. The number of esters is 1. The molecule has 0 bridgehead atoms. The average molecular weight is 390 g/mol. The number of methoxy groups -OCH3 is 1. The molecule has 0 saturated carbocycles. The van der Waals surface area contributed by atoms with E-state index in [0.29, 0.717) is 11.4 Å². The zero-order valence-electron chi connectivity index (χ0n) is 17.3. The fourth-order valence-electron chi connectivity index (χ4n) is 3.33. The zero-order chi connectivity index (χ0) is 20.4. The Kier molecular flexibility index (Phi) is 9.05. The lowest BCUT2D eigenvalue weighted by molar-refractivity contribution is 0.0515. The molecule has 0 aliphatic rings. The van der Waals surface area contributed by atoms with Gasteiger partial charge < -0.3 is 14.5 Å². The average Bonchev–Trinajstić information content (AvgIpc) is 3.09. The Morgan fingerprint density at radius 3 is 2.43 bits per heavy atom. The van der Waals surface area contributed by atoms with E-state index in [1.165, 1.54) is 50.2 Å². The Hall–Kier alpha value is -2.30. The minimum atomic E-state index is -0.694. The summed E-state index contributed by atoms with van der Waals surface area (Å²) in [5.74, 6) is -0.652. The van der Waals surface area contributed by atoms with Crippen LogP contribution < -0.4 is 4.74 Å². The van der Waals surface area contributed by atoms with Crippen LogP contribution in [0.3, 0.4) is 0 Å². The van der Waals surface area contributed by atoms with E-state index in [2.05, 4.69) is 11.9 Å². The molecule has 0 amide bonds. The number of carbonyl (C=O) groups is 1. The molecule has 5 heteroatoms. The van der Waals surface area contributed by atoms with Crippen molar-refractivity contribution < 1.29 is 18.7 Å². The van der Waals surface area contributed by atoms with Crippen molar-refractivity contribution in [2.24, 2.45) is 0 Å². The fourth-order valence-corrected chi connectivity index (χ4v) is 3.33. The van der Waals surface area contributed by atoms with E-state index in [1.54, 1.807) is 14.0 Å². The first kappa shape index (κ1) is 22.0. The van der Waals surface area contributed by atoms with E-state index in [4.69, 9.17) is 9.47 Å². The van der Waals surface area contributed by atoms with Crippen molar-refractivity contribution in [3.8, 4) is 17.0 Å². The number of H-pyrrole nitrogens is 1. The number of hydrogen-bond acceptors (Lipinski definition) is 3. The molecule has 0 unspecified atom stereocenters. The highest BCUT2D eigenvalue weighted by Gasteiger charge is 2.19. The molecule has 154 valence electrons. The monoisotopic (exact) mass is 389 g/mol. The number of hydrogen-bond donors (Lipinski definition) is 1. The van der Waals surface area contributed by atoms with Gasteiger partial charge in [0, 0.05) is 11.6 Å². The lowest BCUT2D eigenvalue weighted by Gasteiger charge is -2.10. The molecule has 28 heavy (non-hydrogen) atoms. The summed E-state index contributed by atoms with van der Waals surface area (Å²) in [7, 11) is 1.60. The van der Waals surface area contributed by atoms with Crippen LogP contribution in [0.2, 0.25) is 0 Å². The summed E-state index contributed by atoms with van der Waals surface area (Å²) in [4.78, 5) is 14.6. The molecule has 1 heterocycles. The van der Waals surface area contributed by atoms with Gasteiger partial charge in [-0.25, -0.2) is 9.18 Å². The number of carbonyl (C=O) groups excluding carboxylic acids is 1. The molecule has 0 aliphatic carbocycles. The van der Waals surface area contributed by atoms with Crippen LogP contribution in [0.15, 0.2) is 24.3 Å². The van der Waals surface area contributed by atoms with Gasteiger partial charge in [-0.3, -0.25) is 0 Å². The molecule has 0 radical (unpaired) electrons. The molecule has 0 saturated heterocycles. The maximum Gasteiger partial charge on any atom is 0.357 e. The lowest BCUT2D eigenvalue weighted by atomic mass is 10.0. The quantitative estimate of drug-likeness (QED) is 0.342. The van der Waals surface area contributed by atoms with Crippen molar-refractivity contribution in [1.82, 2.24) is 4.98 Å². The second-order valence-electron chi connectivity index (χ2n) is 7.03. The van der Waals surface area contributed by atoms with E-state index >= 15 is 0 Å². The number of ether oxygens (including phenoxy) is 2. The van der Waals surface area contributed by atoms with Crippen molar-refractivity contribution in [3.05, 3.63) is 41.3 Å². The molecule has 4 nitrogen and oxygen atoms in total. The van der Waals surface area contributed by atoms with Crippen molar-refractivity contribution in [2.45, 2.75) is 65.2 Å². The molecular weight excluding hydrogens is 357 g/mol. The van der Waals surface area contributed by atoms with E-state index in [9.17, 15) is 9.18 Å². The molecule has 0 spiro atoms. The Morgan fingerprint density at radius 1 is 1.04 bits per heavy atom. The van der Waals surface area contributed by atoms with Gasteiger partial charge in [0.15, 0.2) is 11.5 Å². The fraction of sp³-hybridized carbons (Fsp3) is 0.522. The number of aromatic nitrogens is 1. The van der Waals surface area contributed by atoms with E-state index < -0.39 is 11.8 Å². The number of halogens is 1. The third-order valence-electron chi connectivity index (χ3n) is 4.87. The number of unbranched alkanes of at least 4 members (excludes halogenated alkanes) is 6. The van der Waals surface area contributed by atoms with Crippen molar-refractivity contribution in [1.29, 1.82) is 0 Å². The van der Waals surface area contributed by atoms with Crippen LogP contribution in [0, 0.1) is 5.82 Å². The third kappa shape index (κ3) is 6.11. The summed E-state index contributed by atoms with van der Waals surface area (Å²) in [6.07, 6.45) is 9.92. The lowest BCUT2D eigenvalue weighted by Crippen LogP contribution is -2.06. The van der Waals surface area contributed by atoms with Gasteiger partial charge in [-0.1, -0.05) is 51.5 Å². The Balaban J connectivity index is 2.01. The second kappa shape index (κ2) is 11.5. The molecule has 1 aromatic heterocycles. The number of nitrogens with one attached hydrogen (secondary N) is 1. The first-order chi connectivity index (χ1) is 13.6. The van der Waals surface area contributed by atoms with Crippen LogP contribution in [0.5, 0.6) is 5.75 Å². The molecule has 2 rings (SSSR count). The SMILES string of the molecule is CCCCCCCCCc1ccc(-c2cc(F)c(C(=O)OCC)[nH]2)c(OC)c1. The van der Waals surface area contributed by atoms with Crippen molar-refractivity contribution in [3.63, 3.8) is 0 Å². The summed E-state index contributed by atoms with van der Waals surface area (Å²) in [5, 5.41) is 0. The van der Waals surface area contributed by atoms with Gasteiger partial charge in [0.05, 0.1) is 19.4 Å². The van der Waals surface area contributed by atoms with Gasteiger partial charge in [-0.05, 0) is 37.5 Å². The van der Waals surface area contributed by atoms with Crippen LogP contribution >= 0.6 is 0 Å². The number of benzene rings is 1. The highest BCUT2D eigenvalue weighted by atomic mass is 19.1. The highest BCUT2D eigenvalue weighted by molar-refractivity contribution is 5.89. The van der Waals surface area contributed by atoms with Gasteiger partial charge >= 0.3 is 5.97 Å². The smallest absolute Gasteiger partial charge is 0.357 e. The van der Waals surface area contributed by atoms with Gasteiger partial charge in [0.25, 0.3) is 0 Å². The molecule has 0 atom stereocenters. The van der Waals surface area contributed by atoms with Crippen molar-refractivity contribution in [2.75, 3.05) is 13.7 Å². The topological polar surface area (TPSA) is 51.3 Å². The van der Waals surface area contributed by atoms with Gasteiger partial charge in [0.2, 0.25) is 0 Å². The van der Waals surface area contributed by atoms with Crippen LogP contribution in [-0.4, -0.2) is 24.7 Å². The minimum absolute atomic E-state index is 0.161. The number of aryl methyl sites for hydroxylation is 1. The van der Waals surface area contributed by atoms with Gasteiger partial charge in [-0.15, -0.1) is 0 Å². The first-order valence-corrected chi connectivity index (χ1v) is 10.3. The standard InChI is InChI=1S/C23H32FNO3/c1-4-6-7-8-9-10-11-12-17-13-14-18(21(15-17)27-3)20-16-19(24)22(25-20)23(26)28-5-2/h13-16,25H,4-12H2,1-3H3. The minimum Gasteiger partial charge on any atom is -0.496 e. The zero-order valence-corrected chi connectivity index (χ0v) is 17.3. The maximum atomic E-state index is 14.1. The third-order valence-corrected chi connectivity index (χ3v) is 4.87. The molecular formula is C23H32FNO3. The molecule has 1 aromatic carbocycles. The number of aromatic amines is 1. The van der Waals surface area contributed by atoms with Gasteiger partial charge in [-0.2, -0.15) is 0 Å². The van der Waals surface area contributed by atoms with Crippen molar-refractivity contribution >= 4 is 5.97 Å². The largest absolute Gasteiger partial charge is 0.496 e. The van der Waals surface area contributed by atoms with Crippen LogP contribution in [0.4, 0.5) is 4.39 Å². The Morgan fingerprint density at radius 2 is 1.75 bits per heavy atom. The van der Waals surface area contributed by atoms with Crippen LogP contribution in [-0.2, 0) is 11.2 Å². The summed E-state index contributed by atoms with van der Waals surface area (Å²) < 4.78 is 24.5. The first-order valence-electron chi connectivity index (χ1n) is 10.3. The van der Waals surface area contributed by atoms with Gasteiger partial charge in [0.1, 0.15) is 5.75 Å². The Labute approximate surface area is 167 Å². The van der Waals surface area contributed by atoms with E-state index in [0.717, 1.165) is 18.4 Å². The predicted molar refractivity (Wildman–Crippen MR) is 110 cm³/mol. The van der Waals surface area contributed by atoms with Crippen LogP contribution in [0.25, 0.3) is 11.3 Å². The maximum absolute atomic E-state index is 14.1. The highest BCUT2D eigenvalue weighted by Crippen LogP contribution is 2.32. The Bertz CT molecular complexity index is 754. The summed E-state index contributed by atoms with van der Waals surface area (Å²) in [6.45, 7) is 4.12. The van der Waals surface area contributed by atoms with E-state index in [1.807, 2.05) is 18.2 Å². The molecule has 2 aromatic rings. The van der Waals surface area contributed by atoms with E-state index in [-0.39, 0.29) is 12.3 Å². The summed E-state index contributed by atoms with van der Waals surface area (Å²) >= 11 is 0. The molecule has 1 N–H and O–H groups in total. The summed E-state index contributed by atoms with van der Waals surface area (Å²) in [6, 6.07) is 7.25.